The molecule has 1 amide bonds. The van der Waals surface area contributed by atoms with Crippen molar-refractivity contribution in [3.63, 3.8) is 0 Å². The highest BCUT2D eigenvalue weighted by Gasteiger charge is 2.26. The van der Waals surface area contributed by atoms with E-state index in [0.717, 1.165) is 44.6 Å². The van der Waals surface area contributed by atoms with Crippen molar-refractivity contribution in [3.05, 3.63) is 59.8 Å². The van der Waals surface area contributed by atoms with Gasteiger partial charge in [-0.05, 0) is 36.8 Å². The summed E-state index contributed by atoms with van der Waals surface area (Å²) in [5, 5.41) is 3.98. The number of hydrogen-bond donors (Lipinski definition) is 2. The molecule has 1 aliphatic heterocycles. The Balaban J connectivity index is 1.95. The standard InChI is InChI=1S/C19H16N2O2/c1-11(18-13-5-3-4-6-17(13)21-19(18)22)15-10-20-16-8-7-12(23-2)9-14(15)16/h3-10,20H,1-2H3,(H,21,22). The van der Waals surface area contributed by atoms with Crippen LogP contribution in [0.25, 0.3) is 22.0 Å². The zero-order valence-electron chi connectivity index (χ0n) is 12.9. The van der Waals surface area contributed by atoms with Crippen molar-refractivity contribution < 1.29 is 9.53 Å². The maximum absolute atomic E-state index is 12.4. The predicted octanol–water partition coefficient (Wildman–Crippen LogP) is 4.06. The monoisotopic (exact) mass is 304 g/mol. The van der Waals surface area contributed by atoms with Crippen LogP contribution in [0, 0.1) is 0 Å². The van der Waals surface area contributed by atoms with Gasteiger partial charge in [0.25, 0.3) is 5.91 Å². The smallest absolute Gasteiger partial charge is 0.256 e. The zero-order chi connectivity index (χ0) is 16.0. The largest absolute Gasteiger partial charge is 0.497 e. The second kappa shape index (κ2) is 5.02. The summed E-state index contributed by atoms with van der Waals surface area (Å²) in [5.41, 5.74) is 5.53. The Morgan fingerprint density at radius 2 is 1.96 bits per heavy atom. The number of H-pyrrole nitrogens is 1. The molecule has 0 fully saturated rings. The minimum Gasteiger partial charge on any atom is -0.497 e. The maximum atomic E-state index is 12.4. The van der Waals surface area contributed by atoms with Gasteiger partial charge in [0.1, 0.15) is 5.75 Å². The third-order valence-electron chi connectivity index (χ3n) is 4.34. The van der Waals surface area contributed by atoms with Crippen LogP contribution in [0.2, 0.25) is 0 Å². The van der Waals surface area contributed by atoms with Crippen LogP contribution in [0.3, 0.4) is 0 Å². The number of fused-ring (bicyclic) bond motifs is 2. The average molecular weight is 304 g/mol. The van der Waals surface area contributed by atoms with Gasteiger partial charge in [0.2, 0.25) is 0 Å². The van der Waals surface area contributed by atoms with E-state index >= 15 is 0 Å². The molecule has 2 aromatic carbocycles. The highest BCUT2D eigenvalue weighted by molar-refractivity contribution is 6.37. The fourth-order valence-corrected chi connectivity index (χ4v) is 3.16. The molecule has 3 aromatic rings. The topological polar surface area (TPSA) is 54.1 Å². The van der Waals surface area contributed by atoms with Gasteiger partial charge in [-0.2, -0.15) is 0 Å². The van der Waals surface area contributed by atoms with Crippen molar-refractivity contribution >= 4 is 33.6 Å². The summed E-state index contributed by atoms with van der Waals surface area (Å²) in [5.74, 6) is 0.744. The lowest BCUT2D eigenvalue weighted by molar-refractivity contribution is -0.110. The summed E-state index contributed by atoms with van der Waals surface area (Å²) >= 11 is 0. The first-order valence-electron chi connectivity index (χ1n) is 7.46. The van der Waals surface area contributed by atoms with Gasteiger partial charge in [0.15, 0.2) is 0 Å². The number of para-hydroxylation sites is 1. The number of methoxy groups -OCH3 is 1. The number of aromatic nitrogens is 1. The molecule has 114 valence electrons. The first-order valence-corrected chi connectivity index (χ1v) is 7.46. The number of hydrogen-bond acceptors (Lipinski definition) is 2. The number of benzene rings is 2. The van der Waals surface area contributed by atoms with Gasteiger partial charge in [-0.15, -0.1) is 0 Å². The minimum atomic E-state index is -0.0547. The van der Waals surface area contributed by atoms with Crippen LogP contribution in [0.1, 0.15) is 18.1 Å². The van der Waals surface area contributed by atoms with Crippen molar-refractivity contribution in [2.45, 2.75) is 6.92 Å². The lowest BCUT2D eigenvalue weighted by Gasteiger charge is -2.06. The Morgan fingerprint density at radius 1 is 1.13 bits per heavy atom. The number of ether oxygens (including phenoxy) is 1. The Bertz CT molecular complexity index is 966. The van der Waals surface area contributed by atoms with E-state index < -0.39 is 0 Å². The molecule has 0 saturated heterocycles. The van der Waals surface area contributed by atoms with E-state index in [2.05, 4.69) is 10.3 Å². The molecule has 0 atom stereocenters. The Kier molecular flexibility index (Phi) is 2.98. The number of anilines is 1. The quantitative estimate of drug-likeness (QED) is 0.701. The van der Waals surface area contributed by atoms with Gasteiger partial charge in [-0.1, -0.05) is 18.2 Å². The molecule has 1 aromatic heterocycles. The summed E-state index contributed by atoms with van der Waals surface area (Å²) in [6, 6.07) is 13.7. The Labute approximate surface area is 133 Å². The number of rotatable bonds is 2. The second-order valence-corrected chi connectivity index (χ2v) is 5.61. The van der Waals surface area contributed by atoms with Crippen LogP contribution < -0.4 is 10.1 Å². The van der Waals surface area contributed by atoms with Gasteiger partial charge >= 0.3 is 0 Å². The van der Waals surface area contributed by atoms with Crippen LogP contribution in [0.5, 0.6) is 5.75 Å². The molecule has 0 bridgehead atoms. The molecule has 2 heterocycles. The fraction of sp³-hybridized carbons (Fsp3) is 0.105. The number of carbonyl (C=O) groups is 1. The third kappa shape index (κ3) is 2.03. The second-order valence-electron chi connectivity index (χ2n) is 5.61. The summed E-state index contributed by atoms with van der Waals surface area (Å²) in [4.78, 5) is 15.7. The Morgan fingerprint density at radius 3 is 2.78 bits per heavy atom. The van der Waals surface area contributed by atoms with Gasteiger partial charge in [-0.25, -0.2) is 0 Å². The van der Waals surface area contributed by atoms with E-state index in [9.17, 15) is 4.79 Å². The first-order chi connectivity index (χ1) is 11.2. The summed E-state index contributed by atoms with van der Waals surface area (Å²) in [6.07, 6.45) is 1.95. The molecule has 23 heavy (non-hydrogen) atoms. The Hall–Kier alpha value is -3.01. The first kappa shape index (κ1) is 13.6. The lowest BCUT2D eigenvalue weighted by Crippen LogP contribution is -2.05. The van der Waals surface area contributed by atoms with Crippen LogP contribution >= 0.6 is 0 Å². The van der Waals surface area contributed by atoms with Gasteiger partial charge in [0, 0.05) is 33.9 Å². The summed E-state index contributed by atoms with van der Waals surface area (Å²) in [6.45, 7) is 1.99. The predicted molar refractivity (Wildman–Crippen MR) is 92.4 cm³/mol. The third-order valence-corrected chi connectivity index (χ3v) is 4.34. The lowest BCUT2D eigenvalue weighted by atomic mass is 9.96. The molecule has 1 aliphatic rings. The van der Waals surface area contributed by atoms with Crippen molar-refractivity contribution in [2.24, 2.45) is 0 Å². The minimum absolute atomic E-state index is 0.0547. The number of amides is 1. The van der Waals surface area contributed by atoms with E-state index in [4.69, 9.17) is 4.74 Å². The summed E-state index contributed by atoms with van der Waals surface area (Å²) < 4.78 is 5.32. The highest BCUT2D eigenvalue weighted by Crippen LogP contribution is 2.38. The summed E-state index contributed by atoms with van der Waals surface area (Å²) in [7, 11) is 1.65. The molecule has 4 heteroatoms. The van der Waals surface area contributed by atoms with Crippen molar-refractivity contribution in [1.82, 2.24) is 4.98 Å². The van der Waals surface area contributed by atoms with Crippen molar-refractivity contribution in [3.8, 4) is 5.75 Å². The van der Waals surface area contributed by atoms with Gasteiger partial charge in [0.05, 0.1) is 12.7 Å². The van der Waals surface area contributed by atoms with Gasteiger partial charge in [-0.3, -0.25) is 4.79 Å². The zero-order valence-corrected chi connectivity index (χ0v) is 12.9. The molecule has 4 rings (SSSR count). The highest BCUT2D eigenvalue weighted by atomic mass is 16.5. The van der Waals surface area contributed by atoms with Gasteiger partial charge < -0.3 is 15.0 Å². The average Bonchev–Trinajstić information content (AvgIpc) is 3.13. The van der Waals surface area contributed by atoms with Crippen LogP contribution in [0.4, 0.5) is 5.69 Å². The molecular formula is C19H16N2O2. The number of allylic oxidation sites excluding steroid dienone is 1. The van der Waals surface area contributed by atoms with E-state index in [1.165, 1.54) is 0 Å². The van der Waals surface area contributed by atoms with E-state index in [1.807, 2.05) is 55.6 Å². The molecule has 0 unspecified atom stereocenters. The van der Waals surface area contributed by atoms with Crippen molar-refractivity contribution in [2.75, 3.05) is 12.4 Å². The molecule has 0 radical (unpaired) electrons. The van der Waals surface area contributed by atoms with E-state index in [-0.39, 0.29) is 5.91 Å². The molecule has 0 spiro atoms. The van der Waals surface area contributed by atoms with E-state index in [0.29, 0.717) is 0 Å². The normalized spacial score (nSPS) is 15.5. The van der Waals surface area contributed by atoms with Crippen LogP contribution in [0.15, 0.2) is 48.7 Å². The van der Waals surface area contributed by atoms with Crippen LogP contribution in [-0.4, -0.2) is 18.0 Å². The number of nitrogens with one attached hydrogen (secondary N) is 2. The molecular weight excluding hydrogens is 288 g/mol. The van der Waals surface area contributed by atoms with Crippen molar-refractivity contribution in [1.29, 1.82) is 0 Å². The number of aromatic amines is 1. The molecule has 4 nitrogen and oxygen atoms in total. The fourth-order valence-electron chi connectivity index (χ4n) is 3.16. The van der Waals surface area contributed by atoms with E-state index in [1.54, 1.807) is 7.11 Å². The molecule has 0 aliphatic carbocycles. The van der Waals surface area contributed by atoms with Crippen LogP contribution in [-0.2, 0) is 4.79 Å². The molecule has 0 saturated carbocycles. The SMILES string of the molecule is COc1ccc2[nH]cc(C(C)=C3C(=O)Nc4ccccc43)c2c1. The molecule has 2 N–H and O–H groups in total. The number of carbonyl (C=O) groups excluding carboxylic acids is 1. The maximum Gasteiger partial charge on any atom is 0.256 e.